The molecular formula is C20H19N7O3. The minimum Gasteiger partial charge on any atom is -0.353 e. The second-order valence-corrected chi connectivity index (χ2v) is 6.68. The highest BCUT2D eigenvalue weighted by Crippen LogP contribution is 2.25. The van der Waals surface area contributed by atoms with Crippen LogP contribution in [0.2, 0.25) is 0 Å². The molecule has 152 valence electrons. The lowest BCUT2D eigenvalue weighted by Gasteiger charge is -2.06. The van der Waals surface area contributed by atoms with Crippen molar-refractivity contribution >= 4 is 39.9 Å². The van der Waals surface area contributed by atoms with Crippen LogP contribution in [-0.4, -0.2) is 40.6 Å². The second kappa shape index (κ2) is 8.03. The van der Waals surface area contributed by atoms with Gasteiger partial charge in [0.15, 0.2) is 0 Å². The summed E-state index contributed by atoms with van der Waals surface area (Å²) in [5, 5.41) is 21.9. The maximum atomic E-state index is 12.6. The lowest BCUT2D eigenvalue weighted by molar-refractivity contribution is -0.383. The number of nitrogens with one attached hydrogen (secondary N) is 4. The van der Waals surface area contributed by atoms with Crippen LogP contribution in [0.1, 0.15) is 23.0 Å². The van der Waals surface area contributed by atoms with Crippen molar-refractivity contribution < 1.29 is 9.72 Å². The fourth-order valence-electron chi connectivity index (χ4n) is 3.08. The molecule has 0 radical (unpaired) electrons. The number of benzene rings is 2. The lowest BCUT2D eigenvalue weighted by atomic mass is 10.1. The van der Waals surface area contributed by atoms with Crippen LogP contribution in [0.15, 0.2) is 58.6 Å². The molecule has 0 atom stereocenters. The van der Waals surface area contributed by atoms with Crippen LogP contribution < -0.4 is 16.1 Å². The Morgan fingerprint density at radius 2 is 2.03 bits per heavy atom. The first-order valence-corrected chi connectivity index (χ1v) is 9.28. The van der Waals surface area contributed by atoms with Crippen LogP contribution in [-0.2, 0) is 0 Å². The first-order valence-electron chi connectivity index (χ1n) is 9.28. The molecular weight excluding hydrogens is 386 g/mol. The quantitative estimate of drug-likeness (QED) is 0.294. The van der Waals surface area contributed by atoms with Crippen molar-refractivity contribution in [1.29, 1.82) is 0 Å². The third-order valence-corrected chi connectivity index (χ3v) is 4.64. The minimum absolute atomic E-state index is 0.0713. The van der Waals surface area contributed by atoms with Gasteiger partial charge in [0.1, 0.15) is 11.2 Å². The summed E-state index contributed by atoms with van der Waals surface area (Å²) in [5.74, 6) is 0.266. The van der Waals surface area contributed by atoms with Crippen molar-refractivity contribution in [1.82, 2.24) is 15.7 Å². The number of hydrazone groups is 1. The number of hydrogen-bond donors (Lipinski definition) is 4. The number of amides is 1. The van der Waals surface area contributed by atoms with Gasteiger partial charge in [-0.2, -0.15) is 5.10 Å². The van der Waals surface area contributed by atoms with E-state index < -0.39 is 4.92 Å². The molecule has 0 unspecified atom stereocenters. The van der Waals surface area contributed by atoms with Gasteiger partial charge < -0.3 is 15.6 Å². The van der Waals surface area contributed by atoms with E-state index in [-0.39, 0.29) is 17.3 Å². The summed E-state index contributed by atoms with van der Waals surface area (Å²) >= 11 is 0. The zero-order chi connectivity index (χ0) is 21.1. The van der Waals surface area contributed by atoms with E-state index in [1.54, 1.807) is 30.3 Å². The summed E-state index contributed by atoms with van der Waals surface area (Å²) in [6.07, 6.45) is 0. The third-order valence-electron chi connectivity index (χ3n) is 4.64. The average Bonchev–Trinajstić information content (AvgIpc) is 3.41. The number of para-hydroxylation sites is 1. The van der Waals surface area contributed by atoms with Crippen molar-refractivity contribution in [2.75, 3.05) is 18.4 Å². The zero-order valence-corrected chi connectivity index (χ0v) is 16.1. The molecule has 4 rings (SSSR count). The molecule has 1 aromatic heterocycles. The molecule has 1 aliphatic heterocycles. The molecule has 2 aromatic carbocycles. The molecule has 30 heavy (non-hydrogen) atoms. The Bertz CT molecular complexity index is 1180. The van der Waals surface area contributed by atoms with Gasteiger partial charge in [-0.25, -0.2) is 10.4 Å². The molecule has 4 N–H and O–H groups in total. The van der Waals surface area contributed by atoms with Crippen molar-refractivity contribution in [2.45, 2.75) is 6.92 Å². The van der Waals surface area contributed by atoms with Crippen LogP contribution in [0, 0.1) is 10.1 Å². The maximum Gasteiger partial charge on any atom is 0.293 e. The molecule has 1 amide bonds. The number of carbonyl (C=O) groups is 1. The SMILES string of the molecule is C/C(=N\NC1=NCCN1)c1ccc(NC(=O)c2cc3cccc([N+](=O)[O-])c3[nH]2)cc1. The Hall–Kier alpha value is -4.21. The summed E-state index contributed by atoms with van der Waals surface area (Å²) in [4.78, 5) is 30.3. The lowest BCUT2D eigenvalue weighted by Crippen LogP contribution is -2.30. The van der Waals surface area contributed by atoms with E-state index in [1.807, 2.05) is 19.1 Å². The summed E-state index contributed by atoms with van der Waals surface area (Å²) < 4.78 is 0. The number of rotatable bonds is 5. The second-order valence-electron chi connectivity index (χ2n) is 6.68. The Kier molecular flexibility index (Phi) is 5.12. The number of aliphatic imine (C=N–C) groups is 1. The average molecular weight is 405 g/mol. The summed E-state index contributed by atoms with van der Waals surface area (Å²) in [5.41, 5.74) is 5.63. The van der Waals surface area contributed by atoms with E-state index >= 15 is 0 Å². The highest BCUT2D eigenvalue weighted by molar-refractivity contribution is 6.07. The molecule has 0 spiro atoms. The Morgan fingerprint density at radius 1 is 1.23 bits per heavy atom. The monoisotopic (exact) mass is 405 g/mol. The Labute approximate surface area is 171 Å². The van der Waals surface area contributed by atoms with Crippen molar-refractivity contribution in [3.8, 4) is 0 Å². The molecule has 0 saturated carbocycles. The predicted octanol–water partition coefficient (Wildman–Crippen LogP) is 2.60. The van der Waals surface area contributed by atoms with E-state index in [0.717, 1.165) is 24.4 Å². The molecule has 10 heteroatoms. The number of H-pyrrole nitrogens is 1. The standard InChI is InChI=1S/C20H19N7O3/c1-12(25-26-20-21-9-10-22-20)13-5-7-15(8-6-13)23-19(28)16-11-14-3-2-4-17(27(29)30)18(14)24-16/h2-8,11,24H,9-10H2,1H3,(H,23,28)(H2,21,22,26)/b25-12+. The fraction of sp³-hybridized carbons (Fsp3) is 0.150. The number of aromatic nitrogens is 1. The molecule has 1 aliphatic rings. The normalized spacial score (nSPS) is 13.6. The van der Waals surface area contributed by atoms with Gasteiger partial charge in [-0.05, 0) is 30.7 Å². The Balaban J connectivity index is 1.46. The van der Waals surface area contributed by atoms with Crippen LogP contribution in [0.5, 0.6) is 0 Å². The van der Waals surface area contributed by atoms with Crippen molar-refractivity contribution in [2.24, 2.45) is 10.1 Å². The van der Waals surface area contributed by atoms with Crippen molar-refractivity contribution in [3.63, 3.8) is 0 Å². The number of nitro benzene ring substituents is 1. The van der Waals surface area contributed by atoms with Crippen molar-refractivity contribution in [3.05, 3.63) is 69.9 Å². The highest BCUT2D eigenvalue weighted by atomic mass is 16.6. The molecule has 0 bridgehead atoms. The number of nitro groups is 1. The largest absolute Gasteiger partial charge is 0.353 e. The molecule has 3 aromatic rings. The first-order chi connectivity index (χ1) is 14.5. The number of carbonyl (C=O) groups excluding carboxylic acids is 1. The number of aromatic amines is 1. The maximum absolute atomic E-state index is 12.6. The number of anilines is 1. The van der Waals surface area contributed by atoms with E-state index in [2.05, 4.69) is 31.1 Å². The molecule has 0 fully saturated rings. The summed E-state index contributed by atoms with van der Waals surface area (Å²) in [7, 11) is 0. The number of guanidine groups is 1. The van der Waals surface area contributed by atoms with Gasteiger partial charge in [0.05, 0.1) is 17.2 Å². The van der Waals surface area contributed by atoms with Crippen LogP contribution >= 0.6 is 0 Å². The highest BCUT2D eigenvalue weighted by Gasteiger charge is 2.17. The molecule has 10 nitrogen and oxygen atoms in total. The minimum atomic E-state index is -0.479. The van der Waals surface area contributed by atoms with Gasteiger partial charge in [-0.1, -0.05) is 24.3 Å². The van der Waals surface area contributed by atoms with Crippen LogP contribution in [0.4, 0.5) is 11.4 Å². The smallest absolute Gasteiger partial charge is 0.293 e. The van der Waals surface area contributed by atoms with Gasteiger partial charge >= 0.3 is 0 Å². The fourth-order valence-corrected chi connectivity index (χ4v) is 3.08. The third kappa shape index (κ3) is 3.97. The van der Waals surface area contributed by atoms with Gasteiger partial charge in [-0.3, -0.25) is 14.9 Å². The van der Waals surface area contributed by atoms with Gasteiger partial charge in [0.2, 0.25) is 5.96 Å². The molecule has 0 saturated heterocycles. The predicted molar refractivity (Wildman–Crippen MR) is 115 cm³/mol. The molecule has 2 heterocycles. The number of hydrogen-bond acceptors (Lipinski definition) is 7. The first kappa shape index (κ1) is 19.1. The van der Waals surface area contributed by atoms with Crippen LogP contribution in [0.25, 0.3) is 10.9 Å². The van der Waals surface area contributed by atoms with E-state index in [4.69, 9.17) is 0 Å². The van der Waals surface area contributed by atoms with E-state index in [0.29, 0.717) is 22.5 Å². The number of non-ortho nitro benzene ring substituents is 1. The summed E-state index contributed by atoms with van der Waals surface area (Å²) in [6.45, 7) is 3.40. The van der Waals surface area contributed by atoms with Gasteiger partial charge in [0.25, 0.3) is 11.6 Å². The Morgan fingerprint density at radius 3 is 2.73 bits per heavy atom. The van der Waals surface area contributed by atoms with Crippen LogP contribution in [0.3, 0.4) is 0 Å². The van der Waals surface area contributed by atoms with E-state index in [1.165, 1.54) is 6.07 Å². The molecule has 0 aliphatic carbocycles. The van der Waals surface area contributed by atoms with Gasteiger partial charge in [-0.15, -0.1) is 0 Å². The zero-order valence-electron chi connectivity index (χ0n) is 16.1. The number of nitrogens with zero attached hydrogens (tertiary/aromatic N) is 3. The summed E-state index contributed by atoms with van der Waals surface area (Å²) in [6, 6.07) is 13.5. The van der Waals surface area contributed by atoms with Gasteiger partial charge in [0, 0.05) is 23.7 Å². The van der Waals surface area contributed by atoms with E-state index in [9.17, 15) is 14.9 Å². The number of fused-ring (bicyclic) bond motifs is 1. The topological polar surface area (TPSA) is 137 Å².